The number of amides is 1. The third-order valence-corrected chi connectivity index (χ3v) is 4.88. The molecule has 0 spiro atoms. The monoisotopic (exact) mass is 342 g/mol. The highest BCUT2D eigenvalue weighted by Crippen LogP contribution is 2.17. The number of aliphatic hydroxyl groups excluding tert-OH is 1. The van der Waals surface area contributed by atoms with Gasteiger partial charge in [0.2, 0.25) is 5.91 Å². The molecule has 25 heavy (non-hydrogen) atoms. The summed E-state index contributed by atoms with van der Waals surface area (Å²) in [7, 11) is 0. The second-order valence-electron chi connectivity index (χ2n) is 6.44. The number of aromatic nitrogens is 2. The summed E-state index contributed by atoms with van der Waals surface area (Å²) < 4.78 is 1.76. The second kappa shape index (κ2) is 8.27. The normalized spacial score (nSPS) is 16.8. The van der Waals surface area contributed by atoms with Gasteiger partial charge in [-0.25, -0.2) is 0 Å². The van der Waals surface area contributed by atoms with Crippen LogP contribution in [-0.2, 0) is 17.9 Å². The quantitative estimate of drug-likeness (QED) is 0.867. The molecule has 1 aliphatic rings. The summed E-state index contributed by atoms with van der Waals surface area (Å²) >= 11 is 0. The van der Waals surface area contributed by atoms with E-state index in [4.69, 9.17) is 0 Å². The molecule has 1 fully saturated rings. The van der Waals surface area contributed by atoms with E-state index in [-0.39, 0.29) is 18.6 Å². The zero-order valence-electron chi connectivity index (χ0n) is 14.7. The topological polar surface area (TPSA) is 61.6 Å². The maximum absolute atomic E-state index is 12.8. The number of nitrogens with zero attached hydrogens (tertiary/aromatic N) is 4. The van der Waals surface area contributed by atoms with E-state index in [2.05, 4.69) is 16.1 Å². The number of benzene rings is 1. The first kappa shape index (κ1) is 17.6. The molecular formula is C19H26N4O2. The lowest BCUT2D eigenvalue weighted by Crippen LogP contribution is -2.50. The van der Waals surface area contributed by atoms with Gasteiger partial charge in [0, 0.05) is 45.1 Å². The van der Waals surface area contributed by atoms with Crippen molar-refractivity contribution in [3.05, 3.63) is 53.9 Å². The van der Waals surface area contributed by atoms with Crippen LogP contribution in [0.15, 0.2) is 42.7 Å². The number of carbonyl (C=O) groups excluding carboxylic acids is 1. The first-order valence-corrected chi connectivity index (χ1v) is 8.90. The van der Waals surface area contributed by atoms with Gasteiger partial charge in [0.05, 0.1) is 6.61 Å². The van der Waals surface area contributed by atoms with Gasteiger partial charge in [-0.3, -0.25) is 14.4 Å². The third kappa shape index (κ3) is 4.08. The van der Waals surface area contributed by atoms with Gasteiger partial charge in [0.1, 0.15) is 6.04 Å². The lowest BCUT2D eigenvalue weighted by molar-refractivity contribution is -0.137. The van der Waals surface area contributed by atoms with Crippen LogP contribution in [0.5, 0.6) is 0 Å². The number of aliphatic hydroxyl groups is 1. The molecule has 0 unspecified atom stereocenters. The van der Waals surface area contributed by atoms with Crippen LogP contribution in [0.3, 0.4) is 0 Å². The minimum atomic E-state index is -0.211. The van der Waals surface area contributed by atoms with Crippen LogP contribution in [0, 0.1) is 0 Å². The van der Waals surface area contributed by atoms with Crippen molar-refractivity contribution in [2.24, 2.45) is 0 Å². The second-order valence-corrected chi connectivity index (χ2v) is 6.44. The number of hydrogen-bond donors (Lipinski definition) is 1. The Bertz CT molecular complexity index is 678. The van der Waals surface area contributed by atoms with Gasteiger partial charge in [0.15, 0.2) is 0 Å². The SMILES string of the molecule is CC[C@@H](C(=O)N1CCN(Cc2ccccc2CO)CC1)n1cccn1. The van der Waals surface area contributed by atoms with E-state index in [1.165, 1.54) is 0 Å². The van der Waals surface area contributed by atoms with Crippen molar-refractivity contribution in [1.29, 1.82) is 0 Å². The molecule has 6 nitrogen and oxygen atoms in total. The zero-order valence-corrected chi connectivity index (χ0v) is 14.7. The van der Waals surface area contributed by atoms with E-state index in [0.29, 0.717) is 0 Å². The van der Waals surface area contributed by atoms with E-state index in [1.807, 2.05) is 42.3 Å². The fourth-order valence-corrected chi connectivity index (χ4v) is 3.38. The largest absolute Gasteiger partial charge is 0.392 e. The molecule has 0 bridgehead atoms. The molecule has 0 radical (unpaired) electrons. The van der Waals surface area contributed by atoms with Crippen LogP contribution in [-0.4, -0.2) is 56.8 Å². The predicted molar refractivity (Wildman–Crippen MR) is 95.8 cm³/mol. The summed E-state index contributed by atoms with van der Waals surface area (Å²) in [6.45, 7) is 6.07. The maximum atomic E-state index is 12.8. The molecule has 1 aromatic heterocycles. The molecule has 1 N–H and O–H groups in total. The molecular weight excluding hydrogens is 316 g/mol. The molecule has 2 aromatic rings. The Morgan fingerprint density at radius 2 is 1.88 bits per heavy atom. The Morgan fingerprint density at radius 1 is 1.16 bits per heavy atom. The average Bonchev–Trinajstić information content (AvgIpc) is 3.17. The molecule has 1 saturated heterocycles. The minimum absolute atomic E-state index is 0.0661. The van der Waals surface area contributed by atoms with Gasteiger partial charge in [-0.1, -0.05) is 31.2 Å². The Kier molecular flexibility index (Phi) is 5.83. The lowest BCUT2D eigenvalue weighted by Gasteiger charge is -2.36. The fraction of sp³-hybridized carbons (Fsp3) is 0.474. The Labute approximate surface area is 148 Å². The summed E-state index contributed by atoms with van der Waals surface area (Å²) in [5, 5.41) is 13.7. The van der Waals surface area contributed by atoms with E-state index in [9.17, 15) is 9.90 Å². The molecule has 134 valence electrons. The number of rotatable bonds is 6. The van der Waals surface area contributed by atoms with Crippen LogP contribution >= 0.6 is 0 Å². The van der Waals surface area contributed by atoms with Crippen LogP contribution < -0.4 is 0 Å². The van der Waals surface area contributed by atoms with E-state index >= 15 is 0 Å². The van der Waals surface area contributed by atoms with Gasteiger partial charge in [-0.05, 0) is 23.6 Å². The van der Waals surface area contributed by atoms with Crippen molar-refractivity contribution in [3.8, 4) is 0 Å². The Hall–Kier alpha value is -2.18. The molecule has 6 heteroatoms. The van der Waals surface area contributed by atoms with Crippen LogP contribution in [0.4, 0.5) is 0 Å². The molecule has 3 rings (SSSR count). The molecule has 2 heterocycles. The highest BCUT2D eigenvalue weighted by Gasteiger charge is 2.27. The molecule has 0 saturated carbocycles. The molecule has 1 aromatic carbocycles. The van der Waals surface area contributed by atoms with E-state index in [0.717, 1.165) is 50.3 Å². The highest BCUT2D eigenvalue weighted by molar-refractivity contribution is 5.80. The first-order chi connectivity index (χ1) is 12.2. The van der Waals surface area contributed by atoms with Crippen LogP contribution in [0.25, 0.3) is 0 Å². The summed E-state index contributed by atoms with van der Waals surface area (Å²) in [5.74, 6) is 0.154. The predicted octanol–water partition coefficient (Wildman–Crippen LogP) is 1.67. The Morgan fingerprint density at radius 3 is 2.48 bits per heavy atom. The van der Waals surface area contributed by atoms with Crippen molar-refractivity contribution in [2.75, 3.05) is 26.2 Å². The smallest absolute Gasteiger partial charge is 0.247 e. The summed E-state index contributed by atoms with van der Waals surface area (Å²) in [6, 6.07) is 9.62. The third-order valence-electron chi connectivity index (χ3n) is 4.88. The standard InChI is InChI=1S/C19H26N4O2/c1-2-18(23-9-5-8-20-23)19(25)22-12-10-21(11-13-22)14-16-6-3-4-7-17(16)15-24/h3-9,18,24H,2,10-15H2,1H3/t18-/m0/s1. The summed E-state index contributed by atoms with van der Waals surface area (Å²) in [6.07, 6.45) is 4.31. The van der Waals surface area contributed by atoms with Crippen molar-refractivity contribution < 1.29 is 9.90 Å². The van der Waals surface area contributed by atoms with Gasteiger partial charge < -0.3 is 10.0 Å². The van der Waals surface area contributed by atoms with Gasteiger partial charge in [0.25, 0.3) is 0 Å². The van der Waals surface area contributed by atoms with Crippen molar-refractivity contribution in [2.45, 2.75) is 32.5 Å². The van der Waals surface area contributed by atoms with Gasteiger partial charge >= 0.3 is 0 Å². The number of carbonyl (C=O) groups is 1. The zero-order chi connectivity index (χ0) is 17.6. The summed E-state index contributed by atoms with van der Waals surface area (Å²) in [4.78, 5) is 17.1. The minimum Gasteiger partial charge on any atom is -0.392 e. The van der Waals surface area contributed by atoms with Gasteiger partial charge in [-0.2, -0.15) is 5.10 Å². The van der Waals surface area contributed by atoms with Crippen molar-refractivity contribution >= 4 is 5.91 Å². The number of piperazine rings is 1. The maximum Gasteiger partial charge on any atom is 0.247 e. The van der Waals surface area contributed by atoms with E-state index in [1.54, 1.807) is 10.9 Å². The van der Waals surface area contributed by atoms with Crippen molar-refractivity contribution in [3.63, 3.8) is 0 Å². The molecule has 0 aliphatic carbocycles. The Balaban J connectivity index is 1.57. The van der Waals surface area contributed by atoms with E-state index < -0.39 is 0 Å². The van der Waals surface area contributed by atoms with Crippen LogP contribution in [0.2, 0.25) is 0 Å². The fourth-order valence-electron chi connectivity index (χ4n) is 3.38. The van der Waals surface area contributed by atoms with Crippen molar-refractivity contribution in [1.82, 2.24) is 19.6 Å². The van der Waals surface area contributed by atoms with Crippen LogP contribution in [0.1, 0.15) is 30.5 Å². The highest BCUT2D eigenvalue weighted by atomic mass is 16.3. The molecule has 1 aliphatic heterocycles. The number of hydrogen-bond acceptors (Lipinski definition) is 4. The summed E-state index contributed by atoms with van der Waals surface area (Å²) in [5.41, 5.74) is 2.14. The molecule has 1 atom stereocenters. The molecule has 1 amide bonds. The van der Waals surface area contributed by atoms with Gasteiger partial charge in [-0.15, -0.1) is 0 Å². The average molecular weight is 342 g/mol. The lowest BCUT2D eigenvalue weighted by atomic mass is 10.1. The first-order valence-electron chi connectivity index (χ1n) is 8.90.